The molecule has 0 rings (SSSR count). The van der Waals surface area contributed by atoms with Gasteiger partial charge in [-0.15, -0.1) is 0 Å². The number of phosphoric ester groups is 1. The van der Waals surface area contributed by atoms with Gasteiger partial charge in [0.1, 0.15) is 0 Å². The zero-order chi connectivity index (χ0) is 11.6. The van der Waals surface area contributed by atoms with E-state index in [0.29, 0.717) is 0 Å². The molecule has 0 aliphatic heterocycles. The standard InChI is InChI=1S/C10H23O4P.K.H/c1-2-3-4-5-6-7-8-9-10-14-15(11,12)13;;/h2-10H2,1H3,(H2,11,12,13);;/q;+1;-1. The molecule has 0 spiro atoms. The molecular weight excluding hydrogens is 254 g/mol. The van der Waals surface area contributed by atoms with E-state index in [1.807, 2.05) is 0 Å². The Labute approximate surface area is 143 Å². The zero-order valence-electron chi connectivity index (χ0n) is 11.5. The van der Waals surface area contributed by atoms with Crippen molar-refractivity contribution in [3.05, 3.63) is 0 Å². The summed E-state index contributed by atoms with van der Waals surface area (Å²) in [7, 11) is -4.24. The molecule has 6 heteroatoms. The van der Waals surface area contributed by atoms with Gasteiger partial charge >= 0.3 is 59.2 Å². The summed E-state index contributed by atoms with van der Waals surface area (Å²) >= 11 is 0. The third-order valence-corrected chi connectivity index (χ3v) is 2.78. The molecule has 0 unspecified atom stereocenters. The van der Waals surface area contributed by atoms with Gasteiger partial charge in [0.15, 0.2) is 0 Å². The largest absolute Gasteiger partial charge is 1.00 e. The first-order valence-corrected chi connectivity index (χ1v) is 7.29. The van der Waals surface area contributed by atoms with Crippen molar-refractivity contribution in [2.45, 2.75) is 58.3 Å². The monoisotopic (exact) mass is 278 g/mol. The Kier molecular flexibility index (Phi) is 16.5. The van der Waals surface area contributed by atoms with E-state index in [4.69, 9.17) is 9.79 Å². The molecule has 0 saturated heterocycles. The molecule has 0 aromatic rings. The van der Waals surface area contributed by atoms with Crippen LogP contribution in [0.5, 0.6) is 0 Å². The summed E-state index contributed by atoms with van der Waals surface area (Å²) < 4.78 is 14.7. The van der Waals surface area contributed by atoms with Crippen LogP contribution in [-0.4, -0.2) is 16.4 Å². The van der Waals surface area contributed by atoms with E-state index in [1.54, 1.807) is 0 Å². The van der Waals surface area contributed by atoms with E-state index in [2.05, 4.69) is 11.4 Å². The first-order valence-electron chi connectivity index (χ1n) is 5.76. The minimum absolute atomic E-state index is 0. The molecule has 0 bridgehead atoms. The van der Waals surface area contributed by atoms with Crippen LogP contribution in [0.1, 0.15) is 59.7 Å². The first kappa shape index (κ1) is 20.1. The van der Waals surface area contributed by atoms with Gasteiger partial charge in [0.25, 0.3) is 0 Å². The van der Waals surface area contributed by atoms with Crippen molar-refractivity contribution in [3.63, 3.8) is 0 Å². The zero-order valence-corrected chi connectivity index (χ0v) is 14.5. The number of rotatable bonds is 10. The van der Waals surface area contributed by atoms with Gasteiger partial charge < -0.3 is 11.2 Å². The van der Waals surface area contributed by atoms with Gasteiger partial charge in [-0.25, -0.2) is 4.57 Å². The predicted molar refractivity (Wildman–Crippen MR) is 61.7 cm³/mol. The van der Waals surface area contributed by atoms with Crippen LogP contribution in [0.3, 0.4) is 0 Å². The van der Waals surface area contributed by atoms with Gasteiger partial charge in [0.05, 0.1) is 6.61 Å². The summed E-state index contributed by atoms with van der Waals surface area (Å²) in [6, 6.07) is 0. The number of hydrogen-bond donors (Lipinski definition) is 2. The smallest absolute Gasteiger partial charge is 1.00 e. The van der Waals surface area contributed by atoms with Crippen LogP contribution in [0, 0.1) is 0 Å². The van der Waals surface area contributed by atoms with Crippen molar-refractivity contribution in [1.82, 2.24) is 0 Å². The van der Waals surface area contributed by atoms with E-state index in [9.17, 15) is 4.57 Å². The van der Waals surface area contributed by atoms with Crippen LogP contribution in [0.2, 0.25) is 0 Å². The SMILES string of the molecule is CCCCCCCCCCOP(=O)(O)O.[H-].[K+]. The molecule has 0 fully saturated rings. The molecule has 94 valence electrons. The van der Waals surface area contributed by atoms with Crippen molar-refractivity contribution in [3.8, 4) is 0 Å². The van der Waals surface area contributed by atoms with Crippen LogP contribution in [-0.2, 0) is 9.09 Å². The maximum Gasteiger partial charge on any atom is 1.00 e. The van der Waals surface area contributed by atoms with Gasteiger partial charge in [-0.3, -0.25) is 4.52 Å². The summed E-state index contributed by atoms with van der Waals surface area (Å²) in [5, 5.41) is 0. The van der Waals surface area contributed by atoms with Gasteiger partial charge in [-0.2, -0.15) is 0 Å². The van der Waals surface area contributed by atoms with Crippen molar-refractivity contribution in [2.24, 2.45) is 0 Å². The molecule has 2 N–H and O–H groups in total. The van der Waals surface area contributed by atoms with Gasteiger partial charge in [0, 0.05) is 0 Å². The van der Waals surface area contributed by atoms with Crippen LogP contribution >= 0.6 is 7.82 Å². The third kappa shape index (κ3) is 18.1. The van der Waals surface area contributed by atoms with Crippen molar-refractivity contribution in [2.75, 3.05) is 6.61 Å². The fourth-order valence-corrected chi connectivity index (χ4v) is 1.79. The molecule has 16 heavy (non-hydrogen) atoms. The van der Waals surface area contributed by atoms with Crippen LogP contribution in [0.15, 0.2) is 0 Å². The Balaban J connectivity index is -0.000000980. The average molecular weight is 278 g/mol. The Morgan fingerprint density at radius 1 is 1.00 bits per heavy atom. The first-order chi connectivity index (χ1) is 7.06. The maximum absolute atomic E-state index is 10.3. The number of hydrogen-bond acceptors (Lipinski definition) is 2. The molecule has 0 aliphatic rings. The predicted octanol–water partition coefficient (Wildman–Crippen LogP) is 0.353. The summed E-state index contributed by atoms with van der Waals surface area (Å²) in [5.74, 6) is 0. The molecule has 0 radical (unpaired) electrons. The summed E-state index contributed by atoms with van der Waals surface area (Å²) in [5.41, 5.74) is 0. The number of unbranched alkanes of at least 4 members (excludes halogenated alkanes) is 7. The van der Waals surface area contributed by atoms with Crippen LogP contribution in [0.25, 0.3) is 0 Å². The molecule has 0 aromatic carbocycles. The molecule has 0 aromatic heterocycles. The molecule has 0 heterocycles. The average Bonchev–Trinajstić information content (AvgIpc) is 2.14. The molecule has 4 nitrogen and oxygen atoms in total. The molecule has 0 amide bonds. The fourth-order valence-electron chi connectivity index (χ4n) is 1.42. The number of phosphoric acid groups is 1. The molecule has 0 aliphatic carbocycles. The van der Waals surface area contributed by atoms with Crippen LogP contribution in [0.4, 0.5) is 0 Å². The van der Waals surface area contributed by atoms with Crippen molar-refractivity contribution in [1.29, 1.82) is 0 Å². The van der Waals surface area contributed by atoms with Gasteiger partial charge in [0.2, 0.25) is 0 Å². The second kappa shape index (κ2) is 13.2. The second-order valence-electron chi connectivity index (χ2n) is 3.80. The van der Waals surface area contributed by atoms with Crippen molar-refractivity contribution < 1.29 is 71.7 Å². The maximum atomic E-state index is 10.3. The summed E-state index contributed by atoms with van der Waals surface area (Å²) in [6.07, 6.45) is 9.22. The van der Waals surface area contributed by atoms with Gasteiger partial charge in [-0.05, 0) is 6.42 Å². The summed E-state index contributed by atoms with van der Waals surface area (Å²) in [6.45, 7) is 2.36. The Morgan fingerprint density at radius 2 is 1.44 bits per heavy atom. The minimum atomic E-state index is -4.24. The normalized spacial score (nSPS) is 11.2. The van der Waals surface area contributed by atoms with E-state index in [1.165, 1.54) is 32.1 Å². The summed E-state index contributed by atoms with van der Waals surface area (Å²) in [4.78, 5) is 16.8. The molecule has 0 saturated carbocycles. The topological polar surface area (TPSA) is 66.8 Å². The van der Waals surface area contributed by atoms with E-state index in [0.717, 1.165) is 19.3 Å². The Morgan fingerprint density at radius 3 is 1.88 bits per heavy atom. The molecular formula is C10H24KO4P. The Hall–Kier alpha value is 1.75. The van der Waals surface area contributed by atoms with E-state index in [-0.39, 0.29) is 59.4 Å². The minimum Gasteiger partial charge on any atom is -1.00 e. The fraction of sp³-hybridized carbons (Fsp3) is 1.00. The van der Waals surface area contributed by atoms with Gasteiger partial charge in [-0.1, -0.05) is 51.9 Å². The quantitative estimate of drug-likeness (QED) is 0.344. The van der Waals surface area contributed by atoms with Crippen molar-refractivity contribution >= 4 is 7.82 Å². The second-order valence-corrected chi connectivity index (χ2v) is 5.04. The third-order valence-electron chi connectivity index (χ3n) is 2.26. The van der Waals surface area contributed by atoms with Crippen LogP contribution < -0.4 is 51.4 Å². The van der Waals surface area contributed by atoms with E-state index < -0.39 is 7.82 Å². The van der Waals surface area contributed by atoms with E-state index >= 15 is 0 Å². The Bertz CT molecular complexity index is 189. The molecule has 0 atom stereocenters.